The number of nitrogens with zero attached hydrogens (tertiary/aromatic N) is 1. The SMILES string of the molecule is Cc1[nH]c(-c2c(Oc3ccc(F)c(F)c3C)ncc(C(F)(F)F)c2C)cc(=O)c1[C@H]1COC(=O)N1. The maximum absolute atomic E-state index is 14.0. The van der Waals surface area contributed by atoms with E-state index in [0.717, 1.165) is 18.2 Å². The molecule has 7 nitrogen and oxygen atoms in total. The second kappa shape index (κ2) is 8.67. The topological polar surface area (TPSA) is 93.3 Å². The number of ether oxygens (including phenoxy) is 2. The highest BCUT2D eigenvalue weighted by Crippen LogP contribution is 2.41. The molecule has 2 N–H and O–H groups in total. The van der Waals surface area contributed by atoms with Crippen LogP contribution < -0.4 is 15.5 Å². The van der Waals surface area contributed by atoms with Gasteiger partial charge in [0, 0.05) is 29.1 Å². The Bertz CT molecular complexity index is 1400. The van der Waals surface area contributed by atoms with Crippen molar-refractivity contribution < 1.29 is 36.2 Å². The predicted molar refractivity (Wildman–Crippen MR) is 113 cm³/mol. The molecule has 0 aliphatic carbocycles. The monoisotopic (exact) mass is 495 g/mol. The van der Waals surface area contributed by atoms with Crippen molar-refractivity contribution in [3.05, 3.63) is 74.2 Å². The first kappa shape index (κ1) is 24.2. The maximum atomic E-state index is 14.0. The number of carbonyl (C=O) groups excluding carboxylic acids is 1. The van der Waals surface area contributed by atoms with Crippen LogP contribution in [0.3, 0.4) is 0 Å². The second-order valence-electron chi connectivity index (χ2n) is 7.94. The van der Waals surface area contributed by atoms with Gasteiger partial charge in [0.2, 0.25) is 5.88 Å². The lowest BCUT2D eigenvalue weighted by atomic mass is 9.99. The Kier molecular flexibility index (Phi) is 5.99. The summed E-state index contributed by atoms with van der Waals surface area (Å²) >= 11 is 0. The number of cyclic esters (lactones) is 1. The molecule has 0 radical (unpaired) electrons. The lowest BCUT2D eigenvalue weighted by molar-refractivity contribution is -0.138. The van der Waals surface area contributed by atoms with Gasteiger partial charge in [-0.15, -0.1) is 0 Å². The minimum atomic E-state index is -4.76. The first-order valence-corrected chi connectivity index (χ1v) is 10.2. The molecule has 1 amide bonds. The molecule has 1 aromatic carbocycles. The average molecular weight is 495 g/mol. The number of H-pyrrole nitrogens is 1. The summed E-state index contributed by atoms with van der Waals surface area (Å²) in [4.78, 5) is 31.0. The second-order valence-corrected chi connectivity index (χ2v) is 7.94. The van der Waals surface area contributed by atoms with Gasteiger partial charge in [-0.05, 0) is 38.5 Å². The summed E-state index contributed by atoms with van der Waals surface area (Å²) in [6, 6.07) is 2.25. The summed E-state index contributed by atoms with van der Waals surface area (Å²) in [5.74, 6) is -2.82. The van der Waals surface area contributed by atoms with E-state index in [-0.39, 0.29) is 51.9 Å². The zero-order chi connectivity index (χ0) is 25.7. The normalized spacial score (nSPS) is 15.7. The summed E-state index contributed by atoms with van der Waals surface area (Å²) in [6.07, 6.45) is -4.90. The van der Waals surface area contributed by atoms with Crippen molar-refractivity contribution in [1.82, 2.24) is 15.3 Å². The Morgan fingerprint density at radius 1 is 1.11 bits per heavy atom. The number of halogens is 5. The standard InChI is InChI=1S/C23H18F5N3O4/c1-9-12(23(26,27)28)7-29-21(35-17-5-4-13(24)20(25)10(17)2)18(9)14-6-16(32)19(11(3)30-14)15-8-34-22(33)31-15/h4-7,15H,8H2,1-3H3,(H,30,32)(H,31,33)/t15-/m1/s1. The van der Waals surface area contributed by atoms with Crippen LogP contribution in [0.4, 0.5) is 26.7 Å². The fraction of sp³-hybridized carbons (Fsp3) is 0.261. The molecule has 1 fully saturated rings. The number of rotatable bonds is 4. The molecule has 0 unspecified atom stereocenters. The van der Waals surface area contributed by atoms with Crippen LogP contribution in [-0.2, 0) is 10.9 Å². The van der Waals surface area contributed by atoms with Gasteiger partial charge in [0.15, 0.2) is 17.1 Å². The van der Waals surface area contributed by atoms with Crippen LogP contribution in [0, 0.1) is 32.4 Å². The summed E-state index contributed by atoms with van der Waals surface area (Å²) in [5.41, 5.74) is -1.95. The number of hydrogen-bond donors (Lipinski definition) is 2. The minimum Gasteiger partial charge on any atom is -0.447 e. The van der Waals surface area contributed by atoms with E-state index in [0.29, 0.717) is 6.20 Å². The van der Waals surface area contributed by atoms with Crippen LogP contribution in [-0.4, -0.2) is 22.7 Å². The van der Waals surface area contributed by atoms with E-state index in [9.17, 15) is 31.5 Å². The fourth-order valence-corrected chi connectivity index (χ4v) is 3.92. The van der Waals surface area contributed by atoms with Gasteiger partial charge in [-0.2, -0.15) is 13.2 Å². The van der Waals surface area contributed by atoms with E-state index in [1.54, 1.807) is 0 Å². The summed E-state index contributed by atoms with van der Waals surface area (Å²) < 4.78 is 78.9. The summed E-state index contributed by atoms with van der Waals surface area (Å²) in [5, 5.41) is 2.48. The molecule has 1 atom stereocenters. The van der Waals surface area contributed by atoms with Gasteiger partial charge in [-0.3, -0.25) is 4.79 Å². The van der Waals surface area contributed by atoms with E-state index in [4.69, 9.17) is 9.47 Å². The lowest BCUT2D eigenvalue weighted by Gasteiger charge is -2.19. The van der Waals surface area contributed by atoms with Crippen LogP contribution in [0.2, 0.25) is 0 Å². The molecule has 3 heterocycles. The van der Waals surface area contributed by atoms with Crippen molar-refractivity contribution in [3.8, 4) is 22.9 Å². The van der Waals surface area contributed by atoms with Crippen LogP contribution in [0.15, 0.2) is 29.2 Å². The highest BCUT2D eigenvalue weighted by molar-refractivity contribution is 5.72. The molecule has 35 heavy (non-hydrogen) atoms. The third-order valence-electron chi connectivity index (χ3n) is 5.66. The Morgan fingerprint density at radius 3 is 2.43 bits per heavy atom. The molecule has 0 saturated carbocycles. The number of alkyl carbamates (subject to hydrolysis) is 1. The smallest absolute Gasteiger partial charge is 0.418 e. The molecule has 4 rings (SSSR count). The van der Waals surface area contributed by atoms with Gasteiger partial charge < -0.3 is 19.8 Å². The van der Waals surface area contributed by atoms with Crippen LogP contribution in [0.1, 0.15) is 34.0 Å². The Labute approximate surface area is 194 Å². The predicted octanol–water partition coefficient (Wildman–Crippen LogP) is 5.23. The van der Waals surface area contributed by atoms with Gasteiger partial charge in [0.25, 0.3) is 0 Å². The molecule has 3 aromatic rings. The maximum Gasteiger partial charge on any atom is 0.418 e. The number of hydrogen-bond acceptors (Lipinski definition) is 5. The molecule has 1 aliphatic heterocycles. The highest BCUT2D eigenvalue weighted by atomic mass is 19.4. The quantitative estimate of drug-likeness (QED) is 0.484. The molecule has 0 spiro atoms. The van der Waals surface area contributed by atoms with Crippen molar-refractivity contribution in [2.45, 2.75) is 33.0 Å². The number of pyridine rings is 2. The van der Waals surface area contributed by atoms with Crippen molar-refractivity contribution >= 4 is 6.09 Å². The van der Waals surface area contributed by atoms with Crippen LogP contribution >= 0.6 is 0 Å². The zero-order valence-electron chi connectivity index (χ0n) is 18.6. The zero-order valence-corrected chi connectivity index (χ0v) is 18.6. The molecule has 184 valence electrons. The molecule has 1 aliphatic rings. The first-order chi connectivity index (χ1) is 16.4. The van der Waals surface area contributed by atoms with Gasteiger partial charge >= 0.3 is 12.3 Å². The average Bonchev–Trinajstić information content (AvgIpc) is 3.18. The van der Waals surface area contributed by atoms with E-state index < -0.39 is 40.9 Å². The Morgan fingerprint density at radius 2 is 1.83 bits per heavy atom. The highest BCUT2D eigenvalue weighted by Gasteiger charge is 2.36. The Hall–Kier alpha value is -3.96. The van der Waals surface area contributed by atoms with Gasteiger partial charge in [0.05, 0.1) is 22.9 Å². The molecule has 12 heteroatoms. The van der Waals surface area contributed by atoms with Gasteiger partial charge in [0.1, 0.15) is 12.4 Å². The number of benzene rings is 1. The number of nitrogens with one attached hydrogen (secondary N) is 2. The fourth-order valence-electron chi connectivity index (χ4n) is 3.92. The number of aryl methyl sites for hydroxylation is 1. The largest absolute Gasteiger partial charge is 0.447 e. The van der Waals surface area contributed by atoms with Crippen molar-refractivity contribution in [2.24, 2.45) is 0 Å². The number of aromatic amines is 1. The summed E-state index contributed by atoms with van der Waals surface area (Å²) in [7, 11) is 0. The van der Waals surface area contributed by atoms with Crippen molar-refractivity contribution in [3.63, 3.8) is 0 Å². The van der Waals surface area contributed by atoms with Crippen LogP contribution in [0.5, 0.6) is 11.6 Å². The number of alkyl halides is 3. The molecular weight excluding hydrogens is 477 g/mol. The van der Waals surface area contributed by atoms with Crippen LogP contribution in [0.25, 0.3) is 11.3 Å². The van der Waals surface area contributed by atoms with E-state index >= 15 is 0 Å². The third-order valence-corrected chi connectivity index (χ3v) is 5.66. The Balaban J connectivity index is 1.89. The van der Waals surface area contributed by atoms with Crippen molar-refractivity contribution in [1.29, 1.82) is 0 Å². The molecule has 1 saturated heterocycles. The van der Waals surface area contributed by atoms with Crippen molar-refractivity contribution in [2.75, 3.05) is 6.61 Å². The third kappa shape index (κ3) is 4.43. The van der Waals surface area contributed by atoms with Gasteiger partial charge in [-0.25, -0.2) is 18.6 Å². The number of amides is 1. The van der Waals surface area contributed by atoms with E-state index in [1.807, 2.05) is 0 Å². The minimum absolute atomic E-state index is 0.0483. The lowest BCUT2D eigenvalue weighted by Crippen LogP contribution is -2.26. The van der Waals surface area contributed by atoms with E-state index in [1.165, 1.54) is 20.8 Å². The molecule has 2 aromatic heterocycles. The number of carbonyl (C=O) groups is 1. The molecular formula is C23H18F5N3O4. The van der Waals surface area contributed by atoms with Gasteiger partial charge in [-0.1, -0.05) is 0 Å². The summed E-state index contributed by atoms with van der Waals surface area (Å²) in [6.45, 7) is 3.84. The van der Waals surface area contributed by atoms with E-state index in [2.05, 4.69) is 15.3 Å². The molecule has 0 bridgehead atoms. The first-order valence-electron chi connectivity index (χ1n) is 10.2. The number of aromatic nitrogens is 2.